The number of benzene rings is 1. The summed E-state index contributed by atoms with van der Waals surface area (Å²) in [5.41, 5.74) is 1.67. The van der Waals surface area contributed by atoms with Gasteiger partial charge in [0.25, 0.3) is 5.91 Å². The molecule has 0 aromatic heterocycles. The second kappa shape index (κ2) is 11.8. The number of hydrogen-bond acceptors (Lipinski definition) is 5. The molecule has 1 rings (SSSR count). The van der Waals surface area contributed by atoms with Crippen molar-refractivity contribution in [3.8, 4) is 0 Å². The molecule has 4 amide bonds. The Bertz CT molecular complexity index is 784. The summed E-state index contributed by atoms with van der Waals surface area (Å²) < 4.78 is 12.5. The molecule has 156 valence electrons. The molecule has 0 bridgehead atoms. The van der Waals surface area contributed by atoms with Crippen molar-refractivity contribution < 1.29 is 33.6 Å². The predicted molar refractivity (Wildman–Crippen MR) is 98.7 cm³/mol. The molecule has 0 unspecified atom stereocenters. The number of carbonyl (C=O) groups is 5. The van der Waals surface area contributed by atoms with Gasteiger partial charge in [0.2, 0.25) is 17.7 Å². The third-order valence-electron chi connectivity index (χ3n) is 3.58. The second-order valence-electron chi connectivity index (χ2n) is 5.89. The van der Waals surface area contributed by atoms with E-state index in [0.29, 0.717) is 11.6 Å². The minimum absolute atomic E-state index is 0.0403. The zero-order chi connectivity index (χ0) is 21.8. The number of halogens is 1. The lowest BCUT2D eigenvalue weighted by molar-refractivity contribution is -0.132. The highest BCUT2D eigenvalue weighted by atomic mass is 19.2. The van der Waals surface area contributed by atoms with Crippen LogP contribution in [0.2, 0.25) is 0 Å². The molecular formula is C18H21FN4O6. The highest BCUT2D eigenvalue weighted by molar-refractivity contribution is 5.97. The van der Waals surface area contributed by atoms with Crippen molar-refractivity contribution in [3.05, 3.63) is 48.0 Å². The van der Waals surface area contributed by atoms with Gasteiger partial charge in [-0.15, -0.1) is 4.48 Å². The van der Waals surface area contributed by atoms with Crippen LogP contribution < -0.4 is 21.5 Å². The Morgan fingerprint density at radius 2 is 1.69 bits per heavy atom. The molecule has 0 fully saturated rings. The third kappa shape index (κ3) is 9.13. The molecule has 0 saturated carbocycles. The SMILES string of the molecule is C[C@H](NC(=O)/C=C/C(=O)O)C(=O)NCC(=O)N[C@@H](Cc1ccccc1)C(=O)NF. The van der Waals surface area contributed by atoms with Crippen molar-refractivity contribution in [1.29, 1.82) is 0 Å². The van der Waals surface area contributed by atoms with Crippen LogP contribution in [0.25, 0.3) is 0 Å². The van der Waals surface area contributed by atoms with Gasteiger partial charge in [-0.05, 0) is 12.5 Å². The zero-order valence-corrected chi connectivity index (χ0v) is 15.5. The van der Waals surface area contributed by atoms with Gasteiger partial charge in [0.1, 0.15) is 12.1 Å². The fraction of sp³-hybridized carbons (Fsp3) is 0.278. The standard InChI is InChI=1S/C18H21FN4O6/c1-11(21-14(24)7-8-16(26)27)17(28)20-10-15(25)22-13(18(29)23-19)9-12-5-3-2-4-6-12/h2-8,11,13H,9-10H2,1H3,(H,20,28)(H,21,24)(H,22,25)(H,23,29)(H,26,27)/b8-7+/t11-,13-/m0/s1. The van der Waals surface area contributed by atoms with E-state index < -0.39 is 48.2 Å². The fourth-order valence-electron chi connectivity index (χ4n) is 2.16. The van der Waals surface area contributed by atoms with E-state index in [4.69, 9.17) is 5.11 Å². The molecule has 0 aliphatic carbocycles. The highest BCUT2D eigenvalue weighted by Crippen LogP contribution is 2.03. The van der Waals surface area contributed by atoms with Gasteiger partial charge in [0.15, 0.2) is 0 Å². The number of amides is 4. The van der Waals surface area contributed by atoms with Gasteiger partial charge in [0.05, 0.1) is 6.54 Å². The van der Waals surface area contributed by atoms with Gasteiger partial charge >= 0.3 is 5.97 Å². The number of aliphatic carboxylic acids is 1. The molecule has 11 heteroatoms. The topological polar surface area (TPSA) is 154 Å². The Balaban J connectivity index is 2.53. The van der Waals surface area contributed by atoms with Crippen LogP contribution in [0.15, 0.2) is 42.5 Å². The Morgan fingerprint density at radius 1 is 1.03 bits per heavy atom. The van der Waals surface area contributed by atoms with E-state index >= 15 is 0 Å². The molecule has 0 radical (unpaired) electrons. The maximum atomic E-state index is 12.5. The number of hydrogen-bond donors (Lipinski definition) is 5. The number of nitrogens with one attached hydrogen (secondary N) is 4. The van der Waals surface area contributed by atoms with Crippen molar-refractivity contribution in [2.45, 2.75) is 25.4 Å². The van der Waals surface area contributed by atoms with Gasteiger partial charge in [-0.25, -0.2) is 4.79 Å². The van der Waals surface area contributed by atoms with Crippen LogP contribution in [0.1, 0.15) is 12.5 Å². The normalized spacial score (nSPS) is 12.5. The summed E-state index contributed by atoms with van der Waals surface area (Å²) in [7, 11) is 0. The summed E-state index contributed by atoms with van der Waals surface area (Å²) >= 11 is 0. The van der Waals surface area contributed by atoms with E-state index in [1.807, 2.05) is 0 Å². The van der Waals surface area contributed by atoms with Crippen molar-refractivity contribution in [2.75, 3.05) is 6.54 Å². The van der Waals surface area contributed by atoms with Crippen molar-refractivity contribution in [3.63, 3.8) is 0 Å². The zero-order valence-electron chi connectivity index (χ0n) is 15.5. The molecule has 0 spiro atoms. The summed E-state index contributed by atoms with van der Waals surface area (Å²) in [6, 6.07) is 6.38. The molecule has 0 aliphatic rings. The molecule has 0 heterocycles. The molecule has 0 aliphatic heterocycles. The first kappa shape index (κ1) is 23.3. The van der Waals surface area contributed by atoms with Crippen LogP contribution in [0.4, 0.5) is 4.48 Å². The molecule has 0 saturated heterocycles. The molecule has 1 aromatic carbocycles. The first-order valence-electron chi connectivity index (χ1n) is 8.46. The Morgan fingerprint density at radius 3 is 2.28 bits per heavy atom. The number of carboxylic acids is 1. The third-order valence-corrected chi connectivity index (χ3v) is 3.58. The monoisotopic (exact) mass is 408 g/mol. The molecule has 1 aromatic rings. The Kier molecular flexibility index (Phi) is 9.51. The van der Waals surface area contributed by atoms with Crippen LogP contribution in [0.3, 0.4) is 0 Å². The molecule has 29 heavy (non-hydrogen) atoms. The Hall–Kier alpha value is -3.76. The molecule has 10 nitrogen and oxygen atoms in total. The largest absolute Gasteiger partial charge is 0.478 e. The van der Waals surface area contributed by atoms with Gasteiger partial charge < -0.3 is 21.1 Å². The van der Waals surface area contributed by atoms with E-state index in [2.05, 4.69) is 16.0 Å². The van der Waals surface area contributed by atoms with Crippen LogP contribution >= 0.6 is 0 Å². The lowest BCUT2D eigenvalue weighted by Crippen LogP contribution is -2.51. The van der Waals surface area contributed by atoms with E-state index in [1.54, 1.807) is 30.3 Å². The van der Waals surface area contributed by atoms with Crippen molar-refractivity contribution >= 4 is 29.6 Å². The van der Waals surface area contributed by atoms with Gasteiger partial charge in [0, 0.05) is 18.6 Å². The minimum Gasteiger partial charge on any atom is -0.478 e. The summed E-state index contributed by atoms with van der Waals surface area (Å²) in [5.74, 6) is -4.63. The first-order chi connectivity index (χ1) is 13.7. The number of rotatable bonds is 10. The summed E-state index contributed by atoms with van der Waals surface area (Å²) in [4.78, 5) is 57.3. The Labute approximate surface area is 165 Å². The summed E-state index contributed by atoms with van der Waals surface area (Å²) in [6.45, 7) is 0.809. The molecule has 2 atom stereocenters. The number of carboxylic acid groups (broad SMARTS) is 1. The molecular weight excluding hydrogens is 387 g/mol. The van der Waals surface area contributed by atoms with E-state index in [-0.39, 0.29) is 6.42 Å². The van der Waals surface area contributed by atoms with E-state index in [9.17, 15) is 28.5 Å². The van der Waals surface area contributed by atoms with Crippen LogP contribution in [0.5, 0.6) is 0 Å². The van der Waals surface area contributed by atoms with Crippen molar-refractivity contribution in [2.24, 2.45) is 0 Å². The lowest BCUT2D eigenvalue weighted by Gasteiger charge is -2.17. The fourth-order valence-corrected chi connectivity index (χ4v) is 2.16. The maximum absolute atomic E-state index is 12.5. The quantitative estimate of drug-likeness (QED) is 0.247. The van der Waals surface area contributed by atoms with Gasteiger partial charge in [-0.1, -0.05) is 30.3 Å². The first-order valence-corrected chi connectivity index (χ1v) is 8.46. The average molecular weight is 408 g/mol. The van der Waals surface area contributed by atoms with E-state index in [0.717, 1.165) is 11.6 Å². The van der Waals surface area contributed by atoms with Crippen LogP contribution in [0, 0.1) is 0 Å². The van der Waals surface area contributed by atoms with E-state index in [1.165, 1.54) is 6.92 Å². The minimum atomic E-state index is -1.32. The highest BCUT2D eigenvalue weighted by Gasteiger charge is 2.22. The molecule has 5 N–H and O–H groups in total. The smallest absolute Gasteiger partial charge is 0.328 e. The predicted octanol–water partition coefficient (Wildman–Crippen LogP) is -1.02. The maximum Gasteiger partial charge on any atom is 0.328 e. The van der Waals surface area contributed by atoms with Crippen molar-refractivity contribution in [1.82, 2.24) is 21.5 Å². The summed E-state index contributed by atoms with van der Waals surface area (Å²) in [6.07, 6.45) is 1.39. The van der Waals surface area contributed by atoms with Crippen LogP contribution in [-0.2, 0) is 30.4 Å². The second-order valence-corrected chi connectivity index (χ2v) is 5.89. The lowest BCUT2D eigenvalue weighted by atomic mass is 10.1. The van der Waals surface area contributed by atoms with Gasteiger partial charge in [-0.3, -0.25) is 19.2 Å². The van der Waals surface area contributed by atoms with Crippen LogP contribution in [-0.4, -0.2) is 53.3 Å². The van der Waals surface area contributed by atoms with Gasteiger partial charge in [-0.2, -0.15) is 5.54 Å². The average Bonchev–Trinajstić information content (AvgIpc) is 2.70. The summed E-state index contributed by atoms with van der Waals surface area (Å²) in [5, 5.41) is 15.2. The number of carbonyl (C=O) groups excluding carboxylic acids is 4.